The standard InChI is InChI=1S/C21H26N4O2.C17H16ClN3O/c1-16(24-17(2)26)13-19-8-5-18(6-9-19)7-10-20-14-22-21(23-15-20)25(3)11-12-27-4;1-12(21-13(2)22)9-15-6-3-14(4-7-15)5-8-16-10-19-17(18)20-11-16/h5-6,8-9,14-16H,11-13H2,1-4H3,(H,24,26);3-4,6-7,10-12H,9H2,1-2H3,(H,21,22). The first-order valence-corrected chi connectivity index (χ1v) is 16.1. The lowest BCUT2D eigenvalue weighted by molar-refractivity contribution is -0.120. The van der Waals surface area contributed by atoms with Crippen LogP contribution in [-0.4, -0.2) is 71.1 Å². The van der Waals surface area contributed by atoms with Gasteiger partial charge in [0.15, 0.2) is 0 Å². The number of hydrogen-bond donors (Lipinski definition) is 2. The van der Waals surface area contributed by atoms with Crippen LogP contribution in [0.15, 0.2) is 73.3 Å². The number of carbonyl (C=O) groups is 2. The van der Waals surface area contributed by atoms with Crippen LogP contribution >= 0.6 is 11.6 Å². The Labute approximate surface area is 294 Å². The molecule has 4 aromatic rings. The third kappa shape index (κ3) is 15.0. The van der Waals surface area contributed by atoms with E-state index in [4.69, 9.17) is 16.3 Å². The maximum Gasteiger partial charge on any atom is 0.225 e. The number of nitrogens with one attached hydrogen (secondary N) is 2. The average molecular weight is 680 g/mol. The molecular formula is C38H42ClN7O3. The molecule has 0 bridgehead atoms. The summed E-state index contributed by atoms with van der Waals surface area (Å²) in [6, 6.07) is 16.2. The van der Waals surface area contributed by atoms with E-state index < -0.39 is 0 Å². The highest BCUT2D eigenvalue weighted by molar-refractivity contribution is 6.28. The van der Waals surface area contributed by atoms with Crippen LogP contribution in [0.5, 0.6) is 0 Å². The highest BCUT2D eigenvalue weighted by atomic mass is 35.5. The Morgan fingerprint density at radius 3 is 1.49 bits per heavy atom. The molecule has 2 atom stereocenters. The van der Waals surface area contributed by atoms with E-state index in [2.05, 4.69) is 54.3 Å². The molecule has 2 aromatic heterocycles. The summed E-state index contributed by atoms with van der Waals surface area (Å²) in [5, 5.41) is 5.96. The van der Waals surface area contributed by atoms with Crippen LogP contribution in [0, 0.1) is 23.7 Å². The molecule has 0 aliphatic rings. The van der Waals surface area contributed by atoms with Gasteiger partial charge in [0.2, 0.25) is 23.0 Å². The number of aromatic nitrogens is 4. The lowest BCUT2D eigenvalue weighted by Crippen LogP contribution is -2.31. The Balaban J connectivity index is 0.000000271. The maximum absolute atomic E-state index is 11.1. The number of ether oxygens (including phenoxy) is 1. The van der Waals surface area contributed by atoms with E-state index in [-0.39, 0.29) is 29.2 Å². The largest absolute Gasteiger partial charge is 0.383 e. The molecule has 49 heavy (non-hydrogen) atoms. The van der Waals surface area contributed by atoms with Crippen LogP contribution in [0.3, 0.4) is 0 Å². The van der Waals surface area contributed by atoms with Crippen molar-refractivity contribution in [2.45, 2.75) is 52.6 Å². The van der Waals surface area contributed by atoms with Crippen LogP contribution in [-0.2, 0) is 27.2 Å². The van der Waals surface area contributed by atoms with E-state index >= 15 is 0 Å². The molecular weight excluding hydrogens is 638 g/mol. The predicted octanol–water partition coefficient (Wildman–Crippen LogP) is 4.62. The zero-order valence-corrected chi connectivity index (χ0v) is 29.5. The molecule has 2 aromatic carbocycles. The summed E-state index contributed by atoms with van der Waals surface area (Å²) >= 11 is 5.62. The van der Waals surface area contributed by atoms with Gasteiger partial charge in [-0.15, -0.1) is 0 Å². The monoisotopic (exact) mass is 679 g/mol. The average Bonchev–Trinajstić information content (AvgIpc) is 3.07. The Hall–Kier alpha value is -5.29. The van der Waals surface area contributed by atoms with Crippen molar-refractivity contribution in [1.82, 2.24) is 30.6 Å². The van der Waals surface area contributed by atoms with Gasteiger partial charge in [0.25, 0.3) is 0 Å². The number of amides is 2. The second-order valence-electron chi connectivity index (χ2n) is 11.4. The summed E-state index contributed by atoms with van der Waals surface area (Å²) in [6.45, 7) is 8.38. The van der Waals surface area contributed by atoms with Gasteiger partial charge in [0, 0.05) is 82.5 Å². The number of hydrogen-bond acceptors (Lipinski definition) is 8. The fourth-order valence-corrected chi connectivity index (χ4v) is 4.63. The van der Waals surface area contributed by atoms with Crippen molar-refractivity contribution < 1.29 is 14.3 Å². The van der Waals surface area contributed by atoms with Crippen molar-refractivity contribution >= 4 is 29.4 Å². The summed E-state index contributed by atoms with van der Waals surface area (Å²) in [5.41, 5.74) is 5.63. The topological polar surface area (TPSA) is 122 Å². The molecule has 0 aliphatic heterocycles. The molecule has 2 heterocycles. The number of anilines is 1. The molecule has 0 fully saturated rings. The summed E-state index contributed by atoms with van der Waals surface area (Å²) in [7, 11) is 3.59. The molecule has 0 saturated heterocycles. The van der Waals surface area contributed by atoms with Crippen molar-refractivity contribution in [2.24, 2.45) is 0 Å². The van der Waals surface area contributed by atoms with Gasteiger partial charge < -0.3 is 20.3 Å². The van der Waals surface area contributed by atoms with Gasteiger partial charge in [-0.25, -0.2) is 19.9 Å². The molecule has 4 rings (SSSR count). The summed E-state index contributed by atoms with van der Waals surface area (Å²) in [6.07, 6.45) is 8.21. The van der Waals surface area contributed by atoms with Gasteiger partial charge in [-0.3, -0.25) is 9.59 Å². The molecule has 254 valence electrons. The van der Waals surface area contributed by atoms with E-state index in [9.17, 15) is 9.59 Å². The minimum Gasteiger partial charge on any atom is -0.383 e. The van der Waals surface area contributed by atoms with Crippen molar-refractivity contribution in [3.05, 3.63) is 112 Å². The number of halogens is 1. The number of methoxy groups -OCH3 is 1. The third-order valence-electron chi connectivity index (χ3n) is 6.82. The first-order valence-electron chi connectivity index (χ1n) is 15.8. The van der Waals surface area contributed by atoms with Crippen LogP contribution in [0.2, 0.25) is 5.28 Å². The Bertz CT molecular complexity index is 1760. The smallest absolute Gasteiger partial charge is 0.225 e. The molecule has 2 unspecified atom stereocenters. The van der Waals surface area contributed by atoms with Crippen LogP contribution < -0.4 is 15.5 Å². The lowest BCUT2D eigenvalue weighted by atomic mass is 10.1. The van der Waals surface area contributed by atoms with Gasteiger partial charge in [0.1, 0.15) is 0 Å². The van der Waals surface area contributed by atoms with Crippen molar-refractivity contribution in [2.75, 3.05) is 32.2 Å². The molecule has 2 N–H and O–H groups in total. The van der Waals surface area contributed by atoms with Crippen molar-refractivity contribution in [3.63, 3.8) is 0 Å². The number of nitrogens with zero attached hydrogens (tertiary/aromatic N) is 5. The van der Waals surface area contributed by atoms with Crippen LogP contribution in [0.4, 0.5) is 5.95 Å². The Kier molecular flexibility index (Phi) is 15.7. The van der Waals surface area contributed by atoms with Crippen LogP contribution in [0.25, 0.3) is 0 Å². The number of likely N-dealkylation sites (N-methyl/N-ethyl adjacent to an activating group) is 1. The zero-order valence-electron chi connectivity index (χ0n) is 28.8. The molecule has 10 nitrogen and oxygen atoms in total. The van der Waals surface area contributed by atoms with E-state index in [1.807, 2.05) is 74.3 Å². The normalized spacial score (nSPS) is 11.2. The van der Waals surface area contributed by atoms with Gasteiger partial charge in [-0.1, -0.05) is 47.9 Å². The second-order valence-corrected chi connectivity index (χ2v) is 11.8. The Morgan fingerprint density at radius 2 is 1.10 bits per heavy atom. The lowest BCUT2D eigenvalue weighted by Gasteiger charge is -2.15. The number of carbonyl (C=O) groups excluding carboxylic acids is 2. The van der Waals surface area contributed by atoms with Crippen molar-refractivity contribution in [3.8, 4) is 23.7 Å². The maximum atomic E-state index is 11.1. The zero-order chi connectivity index (χ0) is 35.6. The SMILES string of the molecule is CC(=O)NC(C)Cc1ccc(C#Cc2cnc(Cl)nc2)cc1.COCCN(C)c1ncc(C#Cc2ccc(CC(C)NC(C)=O)cc2)cn1. The van der Waals surface area contributed by atoms with E-state index in [1.54, 1.807) is 31.9 Å². The third-order valence-corrected chi connectivity index (χ3v) is 7.02. The quantitative estimate of drug-likeness (QED) is 0.184. The fraction of sp³-hybridized carbons (Fsp3) is 0.316. The summed E-state index contributed by atoms with van der Waals surface area (Å²) in [5.74, 6) is 12.9. The summed E-state index contributed by atoms with van der Waals surface area (Å²) in [4.78, 5) is 40.4. The van der Waals surface area contributed by atoms with Gasteiger partial charge >= 0.3 is 0 Å². The molecule has 0 saturated carbocycles. The first kappa shape index (κ1) is 38.2. The van der Waals surface area contributed by atoms with E-state index in [0.717, 1.165) is 47.2 Å². The molecule has 0 spiro atoms. The minimum absolute atomic E-state index is 0.0110. The van der Waals surface area contributed by atoms with Gasteiger partial charge in [-0.2, -0.15) is 0 Å². The first-order chi connectivity index (χ1) is 23.5. The molecule has 2 amide bonds. The van der Waals surface area contributed by atoms with Gasteiger partial charge in [-0.05, 0) is 73.7 Å². The van der Waals surface area contributed by atoms with Gasteiger partial charge in [0.05, 0.1) is 17.7 Å². The number of rotatable bonds is 10. The van der Waals surface area contributed by atoms with E-state index in [0.29, 0.717) is 18.1 Å². The van der Waals surface area contributed by atoms with Crippen molar-refractivity contribution in [1.29, 1.82) is 0 Å². The predicted molar refractivity (Wildman–Crippen MR) is 193 cm³/mol. The summed E-state index contributed by atoms with van der Waals surface area (Å²) < 4.78 is 5.05. The molecule has 0 radical (unpaired) electrons. The van der Waals surface area contributed by atoms with Crippen LogP contribution in [0.1, 0.15) is 61.1 Å². The minimum atomic E-state index is -0.0137. The highest BCUT2D eigenvalue weighted by Gasteiger charge is 2.06. The molecule has 0 aliphatic carbocycles. The van der Waals surface area contributed by atoms with E-state index in [1.165, 1.54) is 13.8 Å². The number of benzene rings is 2. The Morgan fingerprint density at radius 1 is 0.714 bits per heavy atom. The second kappa shape index (κ2) is 20.2. The molecule has 11 heteroatoms. The fourth-order valence-electron chi connectivity index (χ4n) is 4.53. The highest BCUT2D eigenvalue weighted by Crippen LogP contribution is 2.09.